The highest BCUT2D eigenvalue weighted by Gasteiger charge is 2.09. The predicted molar refractivity (Wildman–Crippen MR) is 66.6 cm³/mol. The lowest BCUT2D eigenvalue weighted by Gasteiger charge is -2.08. The Morgan fingerprint density at radius 1 is 1.27 bits per heavy atom. The first-order chi connectivity index (χ1) is 7.27. The molecule has 0 N–H and O–H groups in total. The molecule has 0 aliphatic heterocycles. The summed E-state index contributed by atoms with van der Waals surface area (Å²) in [6.07, 6.45) is 4.55. The molecule has 0 unspecified atom stereocenters. The molecule has 1 rings (SSSR count). The quantitative estimate of drug-likeness (QED) is 0.712. The van der Waals surface area contributed by atoms with Gasteiger partial charge in [0.25, 0.3) is 0 Å². The lowest BCUT2D eigenvalue weighted by molar-refractivity contribution is 0.634. The van der Waals surface area contributed by atoms with Crippen molar-refractivity contribution in [2.45, 2.75) is 38.5 Å². The average molecular weight is 266 g/mol. The Kier molecular flexibility index (Phi) is 5.42. The second kappa shape index (κ2) is 6.63. The van der Waals surface area contributed by atoms with E-state index in [4.69, 9.17) is 5.26 Å². The topological polar surface area (TPSA) is 23.8 Å². The van der Waals surface area contributed by atoms with E-state index < -0.39 is 0 Å². The summed E-state index contributed by atoms with van der Waals surface area (Å²) >= 11 is 3.40. The van der Waals surface area contributed by atoms with Gasteiger partial charge in [0.15, 0.2) is 0 Å². The fourth-order valence-electron chi connectivity index (χ4n) is 1.60. The summed E-state index contributed by atoms with van der Waals surface area (Å²) in [7, 11) is 0. The van der Waals surface area contributed by atoms with E-state index in [0.29, 0.717) is 0 Å². The zero-order valence-electron chi connectivity index (χ0n) is 9.04. The third kappa shape index (κ3) is 4.05. The molecule has 0 fully saturated rings. The minimum atomic E-state index is 0.0599. The van der Waals surface area contributed by atoms with Crippen LogP contribution in [0.2, 0.25) is 0 Å². The molecule has 15 heavy (non-hydrogen) atoms. The van der Waals surface area contributed by atoms with Gasteiger partial charge in [0, 0.05) is 4.47 Å². The molecule has 0 spiro atoms. The van der Waals surface area contributed by atoms with Crippen LogP contribution in [0.5, 0.6) is 0 Å². The van der Waals surface area contributed by atoms with Gasteiger partial charge in [0.05, 0.1) is 12.0 Å². The molecule has 0 radical (unpaired) electrons. The van der Waals surface area contributed by atoms with Gasteiger partial charge in [-0.25, -0.2) is 0 Å². The Bertz CT molecular complexity index is 323. The smallest absolute Gasteiger partial charge is 0.0712 e. The maximum atomic E-state index is 9.09. The number of hydrogen-bond acceptors (Lipinski definition) is 1. The van der Waals surface area contributed by atoms with E-state index in [2.05, 4.69) is 28.9 Å². The fourth-order valence-corrected chi connectivity index (χ4v) is 1.86. The molecule has 2 heteroatoms. The zero-order chi connectivity index (χ0) is 11.1. The van der Waals surface area contributed by atoms with Crippen LogP contribution < -0.4 is 0 Å². The Morgan fingerprint density at radius 2 is 1.93 bits per heavy atom. The van der Waals surface area contributed by atoms with Gasteiger partial charge in [0.2, 0.25) is 0 Å². The summed E-state index contributed by atoms with van der Waals surface area (Å²) in [6.45, 7) is 2.18. The van der Waals surface area contributed by atoms with E-state index in [1.54, 1.807) is 0 Å². The molecule has 0 aliphatic carbocycles. The number of nitrogens with zero attached hydrogens (tertiary/aromatic N) is 1. The van der Waals surface area contributed by atoms with Crippen LogP contribution >= 0.6 is 15.9 Å². The summed E-state index contributed by atoms with van der Waals surface area (Å²) in [4.78, 5) is 0. The number of rotatable bonds is 5. The zero-order valence-corrected chi connectivity index (χ0v) is 10.6. The van der Waals surface area contributed by atoms with Crippen LogP contribution in [0.3, 0.4) is 0 Å². The highest BCUT2D eigenvalue weighted by atomic mass is 79.9. The van der Waals surface area contributed by atoms with Crippen molar-refractivity contribution in [3.05, 3.63) is 34.3 Å². The molecule has 1 atom stereocenters. The first-order valence-electron chi connectivity index (χ1n) is 5.43. The van der Waals surface area contributed by atoms with E-state index >= 15 is 0 Å². The molecule has 1 nitrogen and oxygen atoms in total. The number of hydrogen-bond donors (Lipinski definition) is 0. The van der Waals surface area contributed by atoms with Gasteiger partial charge in [-0.05, 0) is 24.1 Å². The fraction of sp³-hybridized carbons (Fsp3) is 0.462. The third-order valence-corrected chi connectivity index (χ3v) is 3.05. The highest BCUT2D eigenvalue weighted by molar-refractivity contribution is 9.10. The largest absolute Gasteiger partial charge is 0.198 e. The average Bonchev–Trinajstić information content (AvgIpc) is 2.26. The van der Waals surface area contributed by atoms with Gasteiger partial charge in [-0.2, -0.15) is 5.26 Å². The first-order valence-corrected chi connectivity index (χ1v) is 6.22. The van der Waals surface area contributed by atoms with Gasteiger partial charge in [-0.15, -0.1) is 0 Å². The Morgan fingerprint density at radius 3 is 2.47 bits per heavy atom. The van der Waals surface area contributed by atoms with Gasteiger partial charge >= 0.3 is 0 Å². The van der Waals surface area contributed by atoms with Crippen LogP contribution in [0.4, 0.5) is 0 Å². The summed E-state index contributed by atoms with van der Waals surface area (Å²) in [5.41, 5.74) is 1.14. The van der Waals surface area contributed by atoms with Gasteiger partial charge in [0.1, 0.15) is 0 Å². The first kappa shape index (κ1) is 12.3. The van der Waals surface area contributed by atoms with E-state index in [1.165, 1.54) is 12.8 Å². The van der Waals surface area contributed by atoms with Crippen LogP contribution in [-0.2, 0) is 0 Å². The lowest BCUT2D eigenvalue weighted by atomic mass is 9.95. The number of halogens is 1. The van der Waals surface area contributed by atoms with Crippen molar-refractivity contribution in [2.75, 3.05) is 0 Å². The van der Waals surface area contributed by atoms with Crippen LogP contribution in [0.15, 0.2) is 28.7 Å². The van der Waals surface area contributed by atoms with Gasteiger partial charge in [-0.3, -0.25) is 0 Å². The number of nitriles is 1. The summed E-state index contributed by atoms with van der Waals surface area (Å²) < 4.78 is 1.07. The second-order valence-electron chi connectivity index (χ2n) is 3.73. The summed E-state index contributed by atoms with van der Waals surface area (Å²) in [6, 6.07) is 10.4. The third-order valence-electron chi connectivity index (χ3n) is 2.52. The van der Waals surface area contributed by atoms with Crippen molar-refractivity contribution in [1.82, 2.24) is 0 Å². The standard InChI is InChI=1S/C13H16BrN/c1-2-3-4-5-12(10-15)11-6-8-13(14)9-7-11/h6-9,12H,2-5H2,1H3/t12-/m0/s1. The van der Waals surface area contributed by atoms with Crippen LogP contribution in [-0.4, -0.2) is 0 Å². The molecule has 0 bridgehead atoms. The van der Waals surface area contributed by atoms with Crippen molar-refractivity contribution in [3.63, 3.8) is 0 Å². The molecule has 1 aromatic rings. The number of unbranched alkanes of at least 4 members (excludes halogenated alkanes) is 2. The van der Waals surface area contributed by atoms with Gasteiger partial charge in [-0.1, -0.05) is 54.2 Å². The van der Waals surface area contributed by atoms with Crippen molar-refractivity contribution >= 4 is 15.9 Å². The normalized spacial score (nSPS) is 12.1. The molecule has 1 aromatic carbocycles. The SMILES string of the molecule is CCCCC[C@@H](C#N)c1ccc(Br)cc1. The van der Waals surface area contributed by atoms with Crippen molar-refractivity contribution in [2.24, 2.45) is 0 Å². The molecule has 80 valence electrons. The van der Waals surface area contributed by atoms with Gasteiger partial charge < -0.3 is 0 Å². The Hall–Kier alpha value is -0.810. The van der Waals surface area contributed by atoms with Crippen LogP contribution in [0.1, 0.15) is 44.1 Å². The minimum absolute atomic E-state index is 0.0599. The minimum Gasteiger partial charge on any atom is -0.198 e. The molecule has 0 saturated carbocycles. The monoisotopic (exact) mass is 265 g/mol. The lowest BCUT2D eigenvalue weighted by Crippen LogP contribution is -1.95. The Balaban J connectivity index is 2.59. The molecular formula is C13H16BrN. The van der Waals surface area contributed by atoms with Crippen molar-refractivity contribution < 1.29 is 0 Å². The molecule has 0 aliphatic rings. The van der Waals surface area contributed by atoms with E-state index in [-0.39, 0.29) is 5.92 Å². The number of benzene rings is 1. The van der Waals surface area contributed by atoms with Crippen LogP contribution in [0, 0.1) is 11.3 Å². The molecular weight excluding hydrogens is 250 g/mol. The Labute approximate surface area is 100 Å². The maximum Gasteiger partial charge on any atom is 0.0712 e. The molecule has 0 heterocycles. The highest BCUT2D eigenvalue weighted by Crippen LogP contribution is 2.23. The van der Waals surface area contributed by atoms with Crippen molar-refractivity contribution in [3.8, 4) is 6.07 Å². The van der Waals surface area contributed by atoms with E-state index in [0.717, 1.165) is 22.9 Å². The predicted octanol–water partition coefficient (Wildman–Crippen LogP) is 4.64. The second-order valence-corrected chi connectivity index (χ2v) is 4.64. The molecule has 0 aromatic heterocycles. The molecule has 0 amide bonds. The van der Waals surface area contributed by atoms with Crippen molar-refractivity contribution in [1.29, 1.82) is 5.26 Å². The van der Waals surface area contributed by atoms with E-state index in [9.17, 15) is 0 Å². The maximum absolute atomic E-state index is 9.09. The molecule has 0 saturated heterocycles. The summed E-state index contributed by atoms with van der Waals surface area (Å²) in [5.74, 6) is 0.0599. The van der Waals surface area contributed by atoms with E-state index in [1.807, 2.05) is 24.3 Å². The summed E-state index contributed by atoms with van der Waals surface area (Å²) in [5, 5.41) is 9.09. The van der Waals surface area contributed by atoms with Crippen LogP contribution in [0.25, 0.3) is 0 Å².